The molecule has 2 heterocycles. The molecule has 0 radical (unpaired) electrons. The van der Waals surface area contributed by atoms with Gasteiger partial charge in [-0.1, -0.05) is 25.2 Å². The third-order valence-electron chi connectivity index (χ3n) is 2.22. The van der Waals surface area contributed by atoms with E-state index in [2.05, 4.69) is 37.0 Å². The SMILES string of the molecule is Cc1nnc(-c2cc(C)c(C(C)C)s2)s1. The molecular formula is C11H14N2S2. The van der Waals surface area contributed by atoms with E-state index < -0.39 is 0 Å². The predicted molar refractivity (Wildman–Crippen MR) is 66.8 cm³/mol. The van der Waals surface area contributed by atoms with E-state index in [1.165, 1.54) is 15.3 Å². The number of nitrogens with zero attached hydrogens (tertiary/aromatic N) is 2. The summed E-state index contributed by atoms with van der Waals surface area (Å²) < 4.78 is 0. The zero-order valence-corrected chi connectivity index (χ0v) is 11.0. The van der Waals surface area contributed by atoms with E-state index in [4.69, 9.17) is 0 Å². The zero-order chi connectivity index (χ0) is 11.0. The molecule has 0 spiro atoms. The molecular weight excluding hydrogens is 224 g/mol. The quantitative estimate of drug-likeness (QED) is 0.790. The van der Waals surface area contributed by atoms with Crippen molar-refractivity contribution < 1.29 is 0 Å². The second-order valence-corrected chi connectivity index (χ2v) is 6.20. The molecule has 0 aromatic carbocycles. The van der Waals surface area contributed by atoms with Crippen molar-refractivity contribution in [2.45, 2.75) is 33.6 Å². The molecule has 4 heteroatoms. The van der Waals surface area contributed by atoms with Gasteiger partial charge in [0, 0.05) is 4.88 Å². The lowest BCUT2D eigenvalue weighted by molar-refractivity contribution is 0.881. The third kappa shape index (κ3) is 2.11. The number of hydrogen-bond acceptors (Lipinski definition) is 4. The van der Waals surface area contributed by atoms with E-state index in [-0.39, 0.29) is 0 Å². The standard InChI is InChI=1S/C11H14N2S2/c1-6(2)10-7(3)5-9(15-10)11-13-12-8(4)14-11/h5-6H,1-4H3. The topological polar surface area (TPSA) is 25.8 Å². The Kier molecular flexibility index (Phi) is 2.89. The highest BCUT2D eigenvalue weighted by molar-refractivity contribution is 7.21. The number of rotatable bonds is 2. The molecule has 0 saturated carbocycles. The Morgan fingerprint density at radius 2 is 1.87 bits per heavy atom. The number of aromatic nitrogens is 2. The van der Waals surface area contributed by atoms with Gasteiger partial charge in [-0.2, -0.15) is 0 Å². The molecule has 0 atom stereocenters. The van der Waals surface area contributed by atoms with Crippen molar-refractivity contribution in [2.75, 3.05) is 0 Å². The molecule has 0 bridgehead atoms. The Bertz CT molecular complexity index is 469. The van der Waals surface area contributed by atoms with Gasteiger partial charge >= 0.3 is 0 Å². The second kappa shape index (κ2) is 4.02. The van der Waals surface area contributed by atoms with Crippen molar-refractivity contribution in [3.63, 3.8) is 0 Å². The van der Waals surface area contributed by atoms with E-state index in [9.17, 15) is 0 Å². The van der Waals surface area contributed by atoms with Gasteiger partial charge < -0.3 is 0 Å². The van der Waals surface area contributed by atoms with Gasteiger partial charge in [0.25, 0.3) is 0 Å². The normalized spacial score (nSPS) is 11.3. The maximum absolute atomic E-state index is 4.18. The minimum absolute atomic E-state index is 0.595. The lowest BCUT2D eigenvalue weighted by atomic mass is 10.1. The summed E-state index contributed by atoms with van der Waals surface area (Å²) in [6, 6.07) is 2.22. The molecule has 2 aromatic heterocycles. The van der Waals surface area contributed by atoms with Crippen LogP contribution in [0.25, 0.3) is 9.88 Å². The van der Waals surface area contributed by atoms with Crippen LogP contribution in [-0.4, -0.2) is 10.2 Å². The minimum Gasteiger partial charge on any atom is -0.143 e. The number of hydrogen-bond donors (Lipinski definition) is 0. The molecule has 0 saturated heterocycles. The first kappa shape index (κ1) is 10.8. The van der Waals surface area contributed by atoms with E-state index in [1.54, 1.807) is 11.3 Å². The lowest BCUT2D eigenvalue weighted by Gasteiger charge is -2.00. The Hall–Kier alpha value is -0.740. The van der Waals surface area contributed by atoms with Gasteiger partial charge in [0.15, 0.2) is 5.01 Å². The van der Waals surface area contributed by atoms with Crippen molar-refractivity contribution >= 4 is 22.7 Å². The van der Waals surface area contributed by atoms with Crippen LogP contribution in [0.15, 0.2) is 6.07 Å². The van der Waals surface area contributed by atoms with E-state index in [0.29, 0.717) is 5.92 Å². The smallest absolute Gasteiger partial charge is 0.143 e. The van der Waals surface area contributed by atoms with E-state index in [0.717, 1.165) is 10.0 Å². The van der Waals surface area contributed by atoms with Crippen molar-refractivity contribution in [3.05, 3.63) is 21.5 Å². The molecule has 0 unspecified atom stereocenters. The first-order chi connectivity index (χ1) is 7.08. The van der Waals surface area contributed by atoms with Crippen molar-refractivity contribution in [1.82, 2.24) is 10.2 Å². The second-order valence-electron chi connectivity index (χ2n) is 3.94. The largest absolute Gasteiger partial charge is 0.157 e. The highest BCUT2D eigenvalue weighted by atomic mass is 32.1. The zero-order valence-electron chi connectivity index (χ0n) is 9.37. The summed E-state index contributed by atoms with van der Waals surface area (Å²) in [5.41, 5.74) is 1.37. The summed E-state index contributed by atoms with van der Waals surface area (Å²) in [6.07, 6.45) is 0. The fourth-order valence-corrected chi connectivity index (χ4v) is 3.48. The van der Waals surface area contributed by atoms with Crippen molar-refractivity contribution in [3.8, 4) is 9.88 Å². The van der Waals surface area contributed by atoms with Crippen molar-refractivity contribution in [1.29, 1.82) is 0 Å². The molecule has 80 valence electrons. The molecule has 2 rings (SSSR count). The Labute approximate surface area is 98.0 Å². The molecule has 0 fully saturated rings. The van der Waals surface area contributed by atoms with Crippen LogP contribution in [0.3, 0.4) is 0 Å². The average Bonchev–Trinajstić information content (AvgIpc) is 2.71. The van der Waals surface area contributed by atoms with E-state index in [1.807, 2.05) is 18.3 Å². The highest BCUT2D eigenvalue weighted by Crippen LogP contribution is 2.36. The molecule has 0 aliphatic carbocycles. The molecule has 0 aliphatic rings. The van der Waals surface area contributed by atoms with Gasteiger partial charge in [-0.25, -0.2) is 0 Å². The Morgan fingerprint density at radius 1 is 1.13 bits per heavy atom. The maximum atomic E-state index is 4.18. The number of thiophene rings is 1. The van der Waals surface area contributed by atoms with Gasteiger partial charge in [0.2, 0.25) is 0 Å². The predicted octanol–water partition coefficient (Wildman–Crippen LogP) is 4.01. The summed E-state index contributed by atoms with van der Waals surface area (Å²) in [4.78, 5) is 2.71. The van der Waals surface area contributed by atoms with Crippen LogP contribution in [0, 0.1) is 13.8 Å². The first-order valence-electron chi connectivity index (χ1n) is 4.98. The van der Waals surface area contributed by atoms with Crippen LogP contribution in [0.2, 0.25) is 0 Å². The Balaban J connectivity index is 2.42. The third-order valence-corrected chi connectivity index (χ3v) is 4.76. The molecule has 0 N–H and O–H groups in total. The van der Waals surface area contributed by atoms with Crippen molar-refractivity contribution in [2.24, 2.45) is 0 Å². The van der Waals surface area contributed by atoms with Gasteiger partial charge in [-0.3, -0.25) is 0 Å². The highest BCUT2D eigenvalue weighted by Gasteiger charge is 2.12. The maximum Gasteiger partial charge on any atom is 0.157 e. The van der Waals surface area contributed by atoms with Gasteiger partial charge in [0.05, 0.1) is 4.88 Å². The monoisotopic (exact) mass is 238 g/mol. The fraction of sp³-hybridized carbons (Fsp3) is 0.455. The summed E-state index contributed by atoms with van der Waals surface area (Å²) in [5, 5.41) is 10.3. The van der Waals surface area contributed by atoms with E-state index >= 15 is 0 Å². The number of aryl methyl sites for hydroxylation is 2. The van der Waals surface area contributed by atoms with Crippen LogP contribution in [0.5, 0.6) is 0 Å². The summed E-state index contributed by atoms with van der Waals surface area (Å²) in [5.74, 6) is 0.595. The molecule has 2 aromatic rings. The minimum atomic E-state index is 0.595. The van der Waals surface area contributed by atoms with Gasteiger partial charge in [-0.05, 0) is 31.4 Å². The average molecular weight is 238 g/mol. The van der Waals surface area contributed by atoms with Crippen LogP contribution < -0.4 is 0 Å². The van der Waals surface area contributed by atoms with Gasteiger partial charge in [0.1, 0.15) is 5.01 Å². The molecule has 15 heavy (non-hydrogen) atoms. The van der Waals surface area contributed by atoms with Gasteiger partial charge in [-0.15, -0.1) is 21.5 Å². The van der Waals surface area contributed by atoms with Crippen LogP contribution in [0.4, 0.5) is 0 Å². The molecule has 0 aliphatic heterocycles. The summed E-state index contributed by atoms with van der Waals surface area (Å²) in [7, 11) is 0. The molecule has 0 amide bonds. The summed E-state index contributed by atoms with van der Waals surface area (Å²) in [6.45, 7) is 8.62. The van der Waals surface area contributed by atoms with Crippen LogP contribution in [-0.2, 0) is 0 Å². The molecule has 2 nitrogen and oxygen atoms in total. The first-order valence-corrected chi connectivity index (χ1v) is 6.62. The van der Waals surface area contributed by atoms with Crippen LogP contribution >= 0.6 is 22.7 Å². The van der Waals surface area contributed by atoms with Crippen LogP contribution in [0.1, 0.15) is 35.2 Å². The fourth-order valence-electron chi connectivity index (χ4n) is 1.57. The Morgan fingerprint density at radius 3 is 2.33 bits per heavy atom. The lowest BCUT2D eigenvalue weighted by Crippen LogP contribution is -1.82. The summed E-state index contributed by atoms with van der Waals surface area (Å²) >= 11 is 3.50.